The van der Waals surface area contributed by atoms with Crippen molar-refractivity contribution in [3.05, 3.63) is 69.3 Å². The van der Waals surface area contributed by atoms with Gasteiger partial charge in [0.15, 0.2) is 0 Å². The molecule has 0 aliphatic carbocycles. The Labute approximate surface area is 129 Å². The molecule has 0 saturated heterocycles. The van der Waals surface area contributed by atoms with E-state index >= 15 is 0 Å². The molecule has 1 aromatic heterocycles. The van der Waals surface area contributed by atoms with Crippen molar-refractivity contribution in [2.75, 3.05) is 0 Å². The van der Waals surface area contributed by atoms with Crippen LogP contribution >= 0.6 is 27.3 Å². The molecule has 0 fully saturated rings. The Morgan fingerprint density at radius 2 is 1.95 bits per heavy atom. The third kappa shape index (κ3) is 2.51. The first-order valence-electron chi connectivity index (χ1n) is 6.31. The van der Waals surface area contributed by atoms with Crippen molar-refractivity contribution < 1.29 is 4.39 Å². The number of hydrogen-bond acceptors (Lipinski definition) is 2. The van der Waals surface area contributed by atoms with Crippen LogP contribution in [0.25, 0.3) is 10.1 Å². The third-order valence-corrected chi connectivity index (χ3v) is 5.23. The monoisotopic (exact) mass is 349 g/mol. The summed E-state index contributed by atoms with van der Waals surface area (Å²) in [6.07, 6.45) is 0.700. The lowest BCUT2D eigenvalue weighted by molar-refractivity contribution is 0.610. The minimum Gasteiger partial charge on any atom is -0.324 e. The Kier molecular flexibility index (Phi) is 3.87. The van der Waals surface area contributed by atoms with Crippen molar-refractivity contribution in [2.45, 2.75) is 12.5 Å². The Morgan fingerprint density at radius 3 is 2.80 bits per heavy atom. The average Bonchev–Trinajstić information content (AvgIpc) is 2.85. The highest BCUT2D eigenvalue weighted by atomic mass is 79.9. The lowest BCUT2D eigenvalue weighted by Crippen LogP contribution is -2.14. The summed E-state index contributed by atoms with van der Waals surface area (Å²) in [7, 11) is 0. The van der Waals surface area contributed by atoms with Crippen LogP contribution in [0.3, 0.4) is 0 Å². The minimum atomic E-state index is -0.270. The largest absolute Gasteiger partial charge is 0.324 e. The van der Waals surface area contributed by atoms with Gasteiger partial charge in [0.2, 0.25) is 0 Å². The maximum absolute atomic E-state index is 13.6. The van der Waals surface area contributed by atoms with Crippen LogP contribution in [0.1, 0.15) is 17.2 Å². The third-order valence-electron chi connectivity index (χ3n) is 3.38. The summed E-state index contributed by atoms with van der Waals surface area (Å²) in [5, 5.41) is 3.37. The summed E-state index contributed by atoms with van der Waals surface area (Å²) < 4.78 is 15.3. The van der Waals surface area contributed by atoms with E-state index in [1.54, 1.807) is 17.4 Å². The first-order chi connectivity index (χ1) is 9.66. The SMILES string of the molecule is NC(Cc1csc2ccccc12)c1cccc(F)c1Br. The van der Waals surface area contributed by atoms with Crippen molar-refractivity contribution >= 4 is 37.4 Å². The molecule has 0 bridgehead atoms. The summed E-state index contributed by atoms with van der Waals surface area (Å²) in [5.74, 6) is -0.270. The minimum absolute atomic E-state index is 0.224. The Morgan fingerprint density at radius 1 is 1.15 bits per heavy atom. The molecule has 0 aliphatic rings. The Hall–Kier alpha value is -1.23. The number of halogens is 2. The molecule has 2 N–H and O–H groups in total. The van der Waals surface area contributed by atoms with E-state index in [0.29, 0.717) is 10.9 Å². The van der Waals surface area contributed by atoms with Gasteiger partial charge < -0.3 is 5.73 Å². The summed E-state index contributed by atoms with van der Waals surface area (Å²) in [6, 6.07) is 13.0. The summed E-state index contributed by atoms with van der Waals surface area (Å²) in [5.41, 5.74) is 8.28. The van der Waals surface area contributed by atoms with Crippen LogP contribution in [0.15, 0.2) is 52.3 Å². The van der Waals surface area contributed by atoms with Gasteiger partial charge in [0, 0.05) is 10.7 Å². The second-order valence-electron chi connectivity index (χ2n) is 4.71. The lowest BCUT2D eigenvalue weighted by atomic mass is 9.99. The van der Waals surface area contributed by atoms with Gasteiger partial charge in [-0.2, -0.15) is 0 Å². The van der Waals surface area contributed by atoms with Gasteiger partial charge in [0.05, 0.1) is 4.47 Å². The zero-order chi connectivity index (χ0) is 14.1. The Balaban J connectivity index is 1.92. The van der Waals surface area contributed by atoms with Gasteiger partial charge in [-0.05, 0) is 56.4 Å². The quantitative estimate of drug-likeness (QED) is 0.703. The van der Waals surface area contributed by atoms with Gasteiger partial charge in [-0.15, -0.1) is 11.3 Å². The smallest absolute Gasteiger partial charge is 0.137 e. The van der Waals surface area contributed by atoms with Crippen LogP contribution in [-0.2, 0) is 6.42 Å². The molecule has 3 aromatic rings. The fraction of sp³-hybridized carbons (Fsp3) is 0.125. The van der Waals surface area contributed by atoms with Crippen LogP contribution in [-0.4, -0.2) is 0 Å². The number of rotatable bonds is 3. The number of hydrogen-bond donors (Lipinski definition) is 1. The van der Waals surface area contributed by atoms with E-state index in [1.165, 1.54) is 21.7 Å². The number of fused-ring (bicyclic) bond motifs is 1. The topological polar surface area (TPSA) is 26.0 Å². The van der Waals surface area contributed by atoms with Crippen molar-refractivity contribution in [1.82, 2.24) is 0 Å². The van der Waals surface area contributed by atoms with E-state index in [0.717, 1.165) is 5.56 Å². The van der Waals surface area contributed by atoms with E-state index in [4.69, 9.17) is 5.73 Å². The number of thiophene rings is 1. The molecule has 1 nitrogen and oxygen atoms in total. The summed E-state index contributed by atoms with van der Waals surface area (Å²) >= 11 is 5.00. The first-order valence-corrected chi connectivity index (χ1v) is 7.98. The second kappa shape index (κ2) is 5.64. The van der Waals surface area contributed by atoms with E-state index in [2.05, 4.69) is 33.4 Å². The van der Waals surface area contributed by atoms with Crippen LogP contribution < -0.4 is 5.73 Å². The fourth-order valence-electron chi connectivity index (χ4n) is 2.34. The van der Waals surface area contributed by atoms with Gasteiger partial charge in [0.1, 0.15) is 5.82 Å². The summed E-state index contributed by atoms with van der Waals surface area (Å²) in [4.78, 5) is 0. The maximum Gasteiger partial charge on any atom is 0.137 e. The molecule has 1 unspecified atom stereocenters. The highest BCUT2D eigenvalue weighted by Crippen LogP contribution is 2.31. The summed E-state index contributed by atoms with van der Waals surface area (Å²) in [6.45, 7) is 0. The van der Waals surface area contributed by atoms with Crippen molar-refractivity contribution in [2.24, 2.45) is 5.73 Å². The highest BCUT2D eigenvalue weighted by molar-refractivity contribution is 9.10. The predicted octanol–water partition coefficient (Wildman–Crippen LogP) is 5.05. The van der Waals surface area contributed by atoms with Gasteiger partial charge in [-0.3, -0.25) is 0 Å². The van der Waals surface area contributed by atoms with E-state index in [1.807, 2.05) is 18.2 Å². The average molecular weight is 350 g/mol. The van der Waals surface area contributed by atoms with E-state index < -0.39 is 0 Å². The predicted molar refractivity (Wildman–Crippen MR) is 86.6 cm³/mol. The molecular weight excluding hydrogens is 337 g/mol. The normalized spacial score (nSPS) is 12.8. The van der Waals surface area contributed by atoms with Gasteiger partial charge >= 0.3 is 0 Å². The molecular formula is C16H13BrFNS. The van der Waals surface area contributed by atoms with Crippen LogP contribution in [0.4, 0.5) is 4.39 Å². The van der Waals surface area contributed by atoms with Gasteiger partial charge in [-0.1, -0.05) is 30.3 Å². The molecule has 0 aliphatic heterocycles. The Bertz CT molecular complexity index is 753. The zero-order valence-electron chi connectivity index (χ0n) is 10.6. The molecule has 20 heavy (non-hydrogen) atoms. The molecule has 1 atom stereocenters. The van der Waals surface area contributed by atoms with Crippen LogP contribution in [0.5, 0.6) is 0 Å². The highest BCUT2D eigenvalue weighted by Gasteiger charge is 2.15. The van der Waals surface area contributed by atoms with Crippen molar-refractivity contribution in [3.63, 3.8) is 0 Å². The fourth-order valence-corrected chi connectivity index (χ4v) is 3.88. The molecule has 0 spiro atoms. The molecule has 3 rings (SSSR count). The maximum atomic E-state index is 13.6. The molecule has 2 aromatic carbocycles. The lowest BCUT2D eigenvalue weighted by Gasteiger charge is -2.14. The first kappa shape index (κ1) is 13.7. The van der Waals surface area contributed by atoms with Crippen molar-refractivity contribution in [3.8, 4) is 0 Å². The number of nitrogens with two attached hydrogens (primary N) is 1. The van der Waals surface area contributed by atoms with Crippen LogP contribution in [0.2, 0.25) is 0 Å². The van der Waals surface area contributed by atoms with Crippen LogP contribution in [0, 0.1) is 5.82 Å². The second-order valence-corrected chi connectivity index (χ2v) is 6.41. The number of benzene rings is 2. The molecule has 0 radical (unpaired) electrons. The molecule has 0 amide bonds. The molecule has 4 heteroatoms. The van der Waals surface area contributed by atoms with Crippen molar-refractivity contribution in [1.29, 1.82) is 0 Å². The van der Waals surface area contributed by atoms with E-state index in [9.17, 15) is 4.39 Å². The zero-order valence-corrected chi connectivity index (χ0v) is 13.0. The standard InChI is InChI=1S/C16H13BrFNS/c17-16-12(5-3-6-13(16)18)14(19)8-10-9-20-15-7-2-1-4-11(10)15/h1-7,9,14H,8,19H2. The molecule has 102 valence electrons. The van der Waals surface area contributed by atoms with E-state index in [-0.39, 0.29) is 11.9 Å². The van der Waals surface area contributed by atoms with Gasteiger partial charge in [-0.25, -0.2) is 4.39 Å². The molecule has 1 heterocycles. The molecule has 0 saturated carbocycles. The van der Waals surface area contributed by atoms with Gasteiger partial charge in [0.25, 0.3) is 0 Å².